The fourth-order valence-corrected chi connectivity index (χ4v) is 3.18. The summed E-state index contributed by atoms with van der Waals surface area (Å²) in [6.45, 7) is 5.23. The highest BCUT2D eigenvalue weighted by atomic mass is 79.9. The van der Waals surface area contributed by atoms with Gasteiger partial charge in [-0.05, 0) is 30.7 Å². The predicted octanol–water partition coefficient (Wildman–Crippen LogP) is 2.60. The van der Waals surface area contributed by atoms with Crippen LogP contribution in [0.1, 0.15) is 25.8 Å². The van der Waals surface area contributed by atoms with Crippen LogP contribution in [-0.4, -0.2) is 38.1 Å². The Balaban J connectivity index is 2.48. The summed E-state index contributed by atoms with van der Waals surface area (Å²) in [5.74, 6) is 0.180. The van der Waals surface area contributed by atoms with Gasteiger partial charge in [0.05, 0.1) is 5.75 Å². The van der Waals surface area contributed by atoms with Gasteiger partial charge in [0.25, 0.3) is 0 Å². The number of nitrogens with one attached hydrogen (secondary N) is 1. The molecule has 0 atom stereocenters. The Morgan fingerprint density at radius 3 is 2.40 bits per heavy atom. The van der Waals surface area contributed by atoms with Crippen LogP contribution in [0.2, 0.25) is 0 Å². The zero-order valence-electron chi connectivity index (χ0n) is 12.3. The zero-order valence-corrected chi connectivity index (χ0v) is 14.7. The summed E-state index contributed by atoms with van der Waals surface area (Å²) in [7, 11) is -1.55. The maximum absolute atomic E-state index is 12.1. The molecule has 1 N–H and O–H groups in total. The van der Waals surface area contributed by atoms with Gasteiger partial charge in [0.1, 0.15) is 0 Å². The molecule has 0 saturated carbocycles. The van der Waals surface area contributed by atoms with Crippen molar-refractivity contribution in [1.82, 2.24) is 9.62 Å². The molecule has 0 saturated heterocycles. The minimum absolute atomic E-state index is 0.180. The number of sulfonamides is 1. The zero-order chi connectivity index (χ0) is 15.2. The Hall–Kier alpha value is -0.430. The molecule has 0 aliphatic carbocycles. The molecule has 0 bridgehead atoms. The van der Waals surface area contributed by atoms with Gasteiger partial charge in [0.2, 0.25) is 10.0 Å². The summed E-state index contributed by atoms with van der Waals surface area (Å²) in [5, 5.41) is 3.22. The van der Waals surface area contributed by atoms with Gasteiger partial charge >= 0.3 is 0 Å². The molecule has 1 aromatic carbocycles. The number of nitrogens with zero attached hydrogens (tertiary/aromatic N) is 1. The predicted molar refractivity (Wildman–Crippen MR) is 87.2 cm³/mol. The first kappa shape index (κ1) is 17.6. The molecule has 0 heterocycles. The molecule has 6 heteroatoms. The van der Waals surface area contributed by atoms with Crippen LogP contribution < -0.4 is 5.32 Å². The van der Waals surface area contributed by atoms with Crippen LogP contribution in [0.15, 0.2) is 28.7 Å². The minimum Gasteiger partial charge on any atom is -0.314 e. The smallest absolute Gasteiger partial charge is 0.214 e. The van der Waals surface area contributed by atoms with Gasteiger partial charge in [0.15, 0.2) is 0 Å². The standard InChI is InChI=1S/C14H23BrN2O2S/c1-12(2)16-9-4-10-20(18,19)17(3)11-13-5-7-14(15)8-6-13/h5-8,12,16H,4,9-11H2,1-3H3. The van der Waals surface area contributed by atoms with Gasteiger partial charge in [0, 0.05) is 24.1 Å². The molecule has 20 heavy (non-hydrogen) atoms. The monoisotopic (exact) mass is 362 g/mol. The lowest BCUT2D eigenvalue weighted by Gasteiger charge is -2.17. The lowest BCUT2D eigenvalue weighted by molar-refractivity contribution is 0.463. The van der Waals surface area contributed by atoms with E-state index in [0.717, 1.165) is 16.6 Å². The third kappa shape index (κ3) is 6.35. The minimum atomic E-state index is -3.18. The van der Waals surface area contributed by atoms with Crippen molar-refractivity contribution in [3.05, 3.63) is 34.3 Å². The second-order valence-corrected chi connectivity index (χ2v) is 8.27. The summed E-state index contributed by atoms with van der Waals surface area (Å²) in [6, 6.07) is 8.08. The van der Waals surface area contributed by atoms with Crippen LogP contribution in [-0.2, 0) is 16.6 Å². The van der Waals surface area contributed by atoms with Crippen molar-refractivity contribution in [3.8, 4) is 0 Å². The fourth-order valence-electron chi connectivity index (χ4n) is 1.75. The molecule has 1 rings (SSSR count). The summed E-state index contributed by atoms with van der Waals surface area (Å²) in [5.41, 5.74) is 0.986. The molecule has 1 aromatic rings. The highest BCUT2D eigenvalue weighted by Gasteiger charge is 2.17. The third-order valence-corrected chi connectivity index (χ3v) is 5.34. The fraction of sp³-hybridized carbons (Fsp3) is 0.571. The van der Waals surface area contributed by atoms with Crippen LogP contribution >= 0.6 is 15.9 Å². The number of hydrogen-bond donors (Lipinski definition) is 1. The van der Waals surface area contributed by atoms with Crippen LogP contribution in [0.25, 0.3) is 0 Å². The summed E-state index contributed by atoms with van der Waals surface area (Å²) >= 11 is 3.37. The van der Waals surface area contributed by atoms with E-state index < -0.39 is 10.0 Å². The Bertz CT molecular complexity index is 500. The molecule has 0 fully saturated rings. The van der Waals surface area contributed by atoms with Gasteiger partial charge in [-0.15, -0.1) is 0 Å². The third-order valence-electron chi connectivity index (χ3n) is 2.93. The maximum Gasteiger partial charge on any atom is 0.214 e. The molecule has 0 unspecified atom stereocenters. The van der Waals surface area contributed by atoms with E-state index in [1.807, 2.05) is 38.1 Å². The van der Waals surface area contributed by atoms with E-state index in [-0.39, 0.29) is 5.75 Å². The molecule has 0 radical (unpaired) electrons. The van der Waals surface area contributed by atoms with Gasteiger partial charge in [-0.2, -0.15) is 0 Å². The lowest BCUT2D eigenvalue weighted by atomic mass is 10.2. The van der Waals surface area contributed by atoms with E-state index in [1.54, 1.807) is 7.05 Å². The Kier molecular flexibility index (Phi) is 7.15. The number of benzene rings is 1. The van der Waals surface area contributed by atoms with Crippen LogP contribution in [0.4, 0.5) is 0 Å². The maximum atomic E-state index is 12.1. The van der Waals surface area contributed by atoms with E-state index in [1.165, 1.54) is 4.31 Å². The van der Waals surface area contributed by atoms with E-state index in [9.17, 15) is 8.42 Å². The molecule has 114 valence electrons. The van der Waals surface area contributed by atoms with Crippen molar-refractivity contribution >= 4 is 26.0 Å². The molecular formula is C14H23BrN2O2S. The van der Waals surface area contributed by atoms with E-state index >= 15 is 0 Å². The SMILES string of the molecule is CC(C)NCCCS(=O)(=O)N(C)Cc1ccc(Br)cc1. The summed E-state index contributed by atoms with van der Waals surface area (Å²) in [4.78, 5) is 0. The Labute approximate surface area is 130 Å². The quantitative estimate of drug-likeness (QED) is 0.723. The number of hydrogen-bond acceptors (Lipinski definition) is 3. The van der Waals surface area contributed by atoms with Crippen molar-refractivity contribution < 1.29 is 8.42 Å². The van der Waals surface area contributed by atoms with Gasteiger partial charge in [-0.1, -0.05) is 41.9 Å². The van der Waals surface area contributed by atoms with E-state index in [4.69, 9.17) is 0 Å². The number of rotatable bonds is 8. The molecule has 0 aliphatic rings. The Morgan fingerprint density at radius 1 is 1.25 bits per heavy atom. The van der Waals surface area contributed by atoms with Crippen molar-refractivity contribution in [1.29, 1.82) is 0 Å². The lowest BCUT2D eigenvalue weighted by Crippen LogP contribution is -2.31. The molecule has 0 amide bonds. The highest BCUT2D eigenvalue weighted by molar-refractivity contribution is 9.10. The van der Waals surface area contributed by atoms with Gasteiger partial charge in [-0.25, -0.2) is 12.7 Å². The molecule has 0 aliphatic heterocycles. The second kappa shape index (κ2) is 8.12. The van der Waals surface area contributed by atoms with Crippen LogP contribution in [0, 0.1) is 0 Å². The molecule has 4 nitrogen and oxygen atoms in total. The topological polar surface area (TPSA) is 49.4 Å². The average molecular weight is 363 g/mol. The van der Waals surface area contributed by atoms with E-state index in [2.05, 4.69) is 21.2 Å². The first-order chi connectivity index (χ1) is 9.31. The normalized spacial score (nSPS) is 12.3. The van der Waals surface area contributed by atoms with Crippen LogP contribution in [0.5, 0.6) is 0 Å². The average Bonchev–Trinajstić information content (AvgIpc) is 2.37. The number of halogens is 1. The molecule has 0 aromatic heterocycles. The first-order valence-corrected chi connectivity index (χ1v) is 9.13. The highest BCUT2D eigenvalue weighted by Crippen LogP contribution is 2.13. The van der Waals surface area contributed by atoms with Gasteiger partial charge < -0.3 is 5.32 Å². The first-order valence-electron chi connectivity index (χ1n) is 6.73. The van der Waals surface area contributed by atoms with Crippen LogP contribution in [0.3, 0.4) is 0 Å². The molecular weight excluding hydrogens is 340 g/mol. The van der Waals surface area contributed by atoms with Crippen molar-refractivity contribution in [2.24, 2.45) is 0 Å². The van der Waals surface area contributed by atoms with Crippen molar-refractivity contribution in [2.75, 3.05) is 19.3 Å². The largest absolute Gasteiger partial charge is 0.314 e. The van der Waals surface area contributed by atoms with Gasteiger partial charge in [-0.3, -0.25) is 0 Å². The van der Waals surface area contributed by atoms with Crippen molar-refractivity contribution in [3.63, 3.8) is 0 Å². The second-order valence-electron chi connectivity index (χ2n) is 5.16. The Morgan fingerprint density at radius 2 is 1.85 bits per heavy atom. The van der Waals surface area contributed by atoms with Crippen molar-refractivity contribution in [2.45, 2.75) is 32.9 Å². The van der Waals surface area contributed by atoms with E-state index in [0.29, 0.717) is 19.0 Å². The summed E-state index contributed by atoms with van der Waals surface area (Å²) in [6.07, 6.45) is 0.630. The molecule has 0 spiro atoms. The summed E-state index contributed by atoms with van der Waals surface area (Å²) < 4.78 is 26.7.